The van der Waals surface area contributed by atoms with Gasteiger partial charge in [0, 0.05) is 24.7 Å². The Morgan fingerprint density at radius 3 is 2.80 bits per heavy atom. The van der Waals surface area contributed by atoms with Crippen LogP contribution in [0.5, 0.6) is 0 Å². The normalized spacial score (nSPS) is 18.3. The summed E-state index contributed by atoms with van der Waals surface area (Å²) in [5.41, 5.74) is 1.89. The van der Waals surface area contributed by atoms with E-state index in [1.165, 1.54) is 10.7 Å². The molecule has 0 spiro atoms. The molecule has 3 aromatic heterocycles. The van der Waals surface area contributed by atoms with Crippen molar-refractivity contribution >= 4 is 11.7 Å². The predicted molar refractivity (Wildman–Crippen MR) is 111 cm³/mol. The lowest BCUT2D eigenvalue weighted by atomic mass is 10.1. The number of aromatic nitrogens is 4. The maximum absolute atomic E-state index is 12.1. The summed E-state index contributed by atoms with van der Waals surface area (Å²) < 4.78 is 6.33. The summed E-state index contributed by atoms with van der Waals surface area (Å²) in [5.74, 6) is 1.16. The number of pyridine rings is 1. The highest BCUT2D eigenvalue weighted by Gasteiger charge is 2.25. The summed E-state index contributed by atoms with van der Waals surface area (Å²) >= 11 is 0. The van der Waals surface area contributed by atoms with Crippen molar-refractivity contribution in [1.29, 1.82) is 0 Å². The minimum atomic E-state index is -0.232. The number of aryl methyl sites for hydroxylation is 2. The summed E-state index contributed by atoms with van der Waals surface area (Å²) in [6.07, 6.45) is 4.61. The lowest BCUT2D eigenvalue weighted by Crippen LogP contribution is -2.28. The van der Waals surface area contributed by atoms with Crippen LogP contribution in [0.25, 0.3) is 5.69 Å². The average Bonchev–Trinajstić information content (AvgIpc) is 3.37. The van der Waals surface area contributed by atoms with Crippen LogP contribution in [0, 0.1) is 19.8 Å². The van der Waals surface area contributed by atoms with Crippen molar-refractivity contribution in [2.45, 2.75) is 39.2 Å². The smallest absolute Gasteiger partial charge is 0.289 e. The summed E-state index contributed by atoms with van der Waals surface area (Å²) in [6.45, 7) is 4.22. The molecule has 1 amide bonds. The minimum absolute atomic E-state index is 0.190. The maximum Gasteiger partial charge on any atom is 0.289 e. The summed E-state index contributed by atoms with van der Waals surface area (Å²) in [4.78, 5) is 28.5. The molecule has 4 rings (SSSR count). The van der Waals surface area contributed by atoms with Crippen molar-refractivity contribution in [2.75, 3.05) is 11.9 Å². The van der Waals surface area contributed by atoms with Crippen LogP contribution in [-0.4, -0.2) is 38.4 Å². The summed E-state index contributed by atoms with van der Waals surface area (Å²) in [6, 6.07) is 8.79. The lowest BCUT2D eigenvalue weighted by Gasteiger charge is -2.15. The van der Waals surface area contributed by atoms with Crippen molar-refractivity contribution in [3.63, 3.8) is 0 Å². The Bertz CT molecular complexity index is 1090. The van der Waals surface area contributed by atoms with Gasteiger partial charge in [-0.15, -0.1) is 0 Å². The highest BCUT2D eigenvalue weighted by Crippen LogP contribution is 2.27. The minimum Gasteiger partial charge on any atom is -0.367 e. The highest BCUT2D eigenvalue weighted by atomic mass is 16.5. The number of hydrogen-bond acceptors (Lipinski definition) is 7. The zero-order valence-corrected chi connectivity index (χ0v) is 17.0. The SMILES string of the molecule is Cc1cc(C(=O)NC[C@H]2CC[C@@H](Nc3ccc(-n4nc(C)ccc4=O)cn3)C2)on1. The highest BCUT2D eigenvalue weighted by molar-refractivity contribution is 5.91. The Balaban J connectivity index is 1.29. The van der Waals surface area contributed by atoms with Gasteiger partial charge in [-0.2, -0.15) is 9.78 Å². The molecule has 0 aliphatic heterocycles. The molecule has 0 unspecified atom stereocenters. The number of hydrogen-bond donors (Lipinski definition) is 2. The Kier molecular flexibility index (Phi) is 5.60. The number of carbonyl (C=O) groups excluding carboxylic acids is 1. The molecule has 1 fully saturated rings. The molecule has 30 heavy (non-hydrogen) atoms. The lowest BCUT2D eigenvalue weighted by molar-refractivity contribution is 0.0910. The van der Waals surface area contributed by atoms with E-state index in [0.717, 1.165) is 30.8 Å². The molecule has 1 aliphatic rings. The van der Waals surface area contributed by atoms with Gasteiger partial charge in [0.05, 0.1) is 23.3 Å². The quantitative estimate of drug-likeness (QED) is 0.643. The molecule has 3 heterocycles. The van der Waals surface area contributed by atoms with Gasteiger partial charge < -0.3 is 15.2 Å². The first-order valence-corrected chi connectivity index (χ1v) is 9.99. The van der Waals surface area contributed by atoms with Crippen LogP contribution in [0.15, 0.2) is 45.8 Å². The van der Waals surface area contributed by atoms with Crippen molar-refractivity contribution in [3.8, 4) is 5.69 Å². The van der Waals surface area contributed by atoms with Crippen LogP contribution in [-0.2, 0) is 0 Å². The second-order valence-corrected chi connectivity index (χ2v) is 7.69. The van der Waals surface area contributed by atoms with Crippen LogP contribution in [0.3, 0.4) is 0 Å². The zero-order valence-electron chi connectivity index (χ0n) is 17.0. The molecule has 9 heteroatoms. The molecular formula is C21H24N6O3. The molecule has 0 bridgehead atoms. The number of carbonyl (C=O) groups is 1. The molecule has 0 radical (unpaired) electrons. The third kappa shape index (κ3) is 4.56. The van der Waals surface area contributed by atoms with E-state index >= 15 is 0 Å². The van der Waals surface area contributed by atoms with Crippen molar-refractivity contribution in [1.82, 2.24) is 25.2 Å². The van der Waals surface area contributed by atoms with Crippen LogP contribution in [0.4, 0.5) is 5.82 Å². The van der Waals surface area contributed by atoms with E-state index in [-0.39, 0.29) is 23.3 Å². The van der Waals surface area contributed by atoms with E-state index in [1.807, 2.05) is 19.1 Å². The van der Waals surface area contributed by atoms with Gasteiger partial charge in [-0.1, -0.05) is 5.16 Å². The van der Waals surface area contributed by atoms with Crippen molar-refractivity contribution in [3.05, 3.63) is 64.0 Å². The fourth-order valence-corrected chi connectivity index (χ4v) is 3.68. The fraction of sp³-hybridized carbons (Fsp3) is 0.381. The predicted octanol–water partition coefficient (Wildman–Crippen LogP) is 2.24. The standard InChI is InChI=1S/C21H24N6O3/c1-13-3-8-20(28)27(25-13)17-6-7-19(22-12-17)24-16-5-4-15(10-16)11-23-21(29)18-9-14(2)26-30-18/h3,6-9,12,15-16H,4-5,10-11H2,1-2H3,(H,22,24)(H,23,29)/t15-,16+/m0/s1. The van der Waals surface area contributed by atoms with Gasteiger partial charge in [-0.25, -0.2) is 4.98 Å². The van der Waals surface area contributed by atoms with E-state index in [4.69, 9.17) is 4.52 Å². The largest absolute Gasteiger partial charge is 0.367 e. The van der Waals surface area contributed by atoms with Crippen LogP contribution in [0.1, 0.15) is 41.2 Å². The van der Waals surface area contributed by atoms with Crippen molar-refractivity contribution in [2.24, 2.45) is 5.92 Å². The van der Waals surface area contributed by atoms with Crippen LogP contribution < -0.4 is 16.2 Å². The maximum atomic E-state index is 12.1. The zero-order chi connectivity index (χ0) is 21.1. The number of nitrogens with zero attached hydrogens (tertiary/aromatic N) is 4. The third-order valence-electron chi connectivity index (χ3n) is 5.22. The molecule has 9 nitrogen and oxygen atoms in total. The van der Waals surface area contributed by atoms with Crippen molar-refractivity contribution < 1.29 is 9.32 Å². The van der Waals surface area contributed by atoms with E-state index in [2.05, 4.69) is 25.9 Å². The van der Waals surface area contributed by atoms with E-state index < -0.39 is 0 Å². The first-order chi connectivity index (χ1) is 14.5. The Morgan fingerprint density at radius 2 is 2.07 bits per heavy atom. The number of rotatable bonds is 6. The average molecular weight is 408 g/mol. The molecule has 1 saturated carbocycles. The Morgan fingerprint density at radius 1 is 1.20 bits per heavy atom. The van der Waals surface area contributed by atoms with E-state index in [9.17, 15) is 9.59 Å². The summed E-state index contributed by atoms with van der Waals surface area (Å²) in [7, 11) is 0. The number of anilines is 1. The molecule has 0 saturated heterocycles. The number of amides is 1. The molecule has 156 valence electrons. The van der Waals surface area contributed by atoms with E-state index in [1.54, 1.807) is 25.3 Å². The Labute approximate surface area is 173 Å². The molecule has 2 atom stereocenters. The monoisotopic (exact) mass is 408 g/mol. The molecule has 2 N–H and O–H groups in total. The second kappa shape index (κ2) is 8.48. The van der Waals surface area contributed by atoms with Gasteiger partial charge in [-0.05, 0) is 57.2 Å². The second-order valence-electron chi connectivity index (χ2n) is 7.69. The summed E-state index contributed by atoms with van der Waals surface area (Å²) in [5, 5.41) is 14.3. The molecule has 1 aliphatic carbocycles. The van der Waals surface area contributed by atoms with Gasteiger partial charge in [0.15, 0.2) is 0 Å². The van der Waals surface area contributed by atoms with E-state index in [0.29, 0.717) is 23.8 Å². The van der Waals surface area contributed by atoms with Crippen LogP contribution in [0.2, 0.25) is 0 Å². The topological polar surface area (TPSA) is 115 Å². The molecule has 3 aromatic rings. The fourth-order valence-electron chi connectivity index (χ4n) is 3.68. The van der Waals surface area contributed by atoms with Gasteiger partial charge in [0.1, 0.15) is 5.82 Å². The van der Waals surface area contributed by atoms with Crippen LogP contribution >= 0.6 is 0 Å². The third-order valence-corrected chi connectivity index (χ3v) is 5.22. The van der Waals surface area contributed by atoms with Gasteiger partial charge in [0.25, 0.3) is 11.5 Å². The first-order valence-electron chi connectivity index (χ1n) is 9.99. The Hall–Kier alpha value is -3.49. The first kappa shape index (κ1) is 19.8. The van der Waals surface area contributed by atoms with Gasteiger partial charge in [-0.3, -0.25) is 9.59 Å². The molecular weight excluding hydrogens is 384 g/mol. The number of nitrogens with one attached hydrogen (secondary N) is 2. The molecule has 0 aromatic carbocycles. The van der Waals surface area contributed by atoms with Gasteiger partial charge >= 0.3 is 0 Å². The van der Waals surface area contributed by atoms with Gasteiger partial charge in [0.2, 0.25) is 5.76 Å².